The number of fused-ring (bicyclic) bond motifs is 3. The summed E-state index contributed by atoms with van der Waals surface area (Å²) in [6.45, 7) is 13.0. The number of carbonyl (C=O) groups is 2. The second kappa shape index (κ2) is 6.96. The fourth-order valence-corrected chi connectivity index (χ4v) is 8.30. The lowest BCUT2D eigenvalue weighted by Gasteiger charge is -2.59. The van der Waals surface area contributed by atoms with E-state index in [1.807, 2.05) is 19.3 Å². The Morgan fingerprint density at radius 1 is 1.15 bits per heavy atom. The topological polar surface area (TPSA) is 65.7 Å². The molecule has 5 nitrogen and oxygen atoms in total. The van der Waals surface area contributed by atoms with E-state index in [2.05, 4.69) is 34.6 Å². The summed E-state index contributed by atoms with van der Waals surface area (Å²) in [6, 6.07) is 2.05. The zero-order valence-electron chi connectivity index (χ0n) is 21.1. The van der Waals surface area contributed by atoms with Gasteiger partial charge in [-0.1, -0.05) is 39.3 Å². The van der Waals surface area contributed by atoms with Crippen molar-refractivity contribution in [1.29, 1.82) is 0 Å². The van der Waals surface area contributed by atoms with Crippen LogP contribution in [0.25, 0.3) is 0 Å². The summed E-state index contributed by atoms with van der Waals surface area (Å²) < 4.78 is 18.4. The molecule has 1 aromatic heterocycles. The van der Waals surface area contributed by atoms with Crippen LogP contribution in [-0.2, 0) is 19.1 Å². The fourth-order valence-electron chi connectivity index (χ4n) is 8.30. The van der Waals surface area contributed by atoms with Crippen molar-refractivity contribution in [3.8, 4) is 0 Å². The lowest BCUT2D eigenvalue weighted by molar-refractivity contribution is -0.205. The van der Waals surface area contributed by atoms with Crippen LogP contribution in [0.4, 0.5) is 0 Å². The molecule has 0 amide bonds. The zero-order chi connectivity index (χ0) is 24.2. The minimum atomic E-state index is -0.779. The molecule has 0 bridgehead atoms. The van der Waals surface area contributed by atoms with Gasteiger partial charge in [-0.3, -0.25) is 9.59 Å². The van der Waals surface area contributed by atoms with Gasteiger partial charge in [0.25, 0.3) is 0 Å². The zero-order valence-corrected chi connectivity index (χ0v) is 21.1. The van der Waals surface area contributed by atoms with E-state index in [4.69, 9.17) is 13.9 Å². The highest BCUT2D eigenvalue weighted by Crippen LogP contribution is 2.66. The van der Waals surface area contributed by atoms with Crippen molar-refractivity contribution in [1.82, 2.24) is 0 Å². The summed E-state index contributed by atoms with van der Waals surface area (Å²) in [6.07, 6.45) is 9.22. The highest BCUT2D eigenvalue weighted by Gasteiger charge is 2.72. The second-order valence-electron chi connectivity index (χ2n) is 13.0. The third kappa shape index (κ3) is 2.82. The van der Waals surface area contributed by atoms with E-state index in [0.717, 1.165) is 19.3 Å². The van der Waals surface area contributed by atoms with E-state index in [9.17, 15) is 9.59 Å². The third-order valence-corrected chi connectivity index (χ3v) is 9.87. The number of hydrogen-bond donors (Lipinski definition) is 0. The number of ketones is 1. The van der Waals surface area contributed by atoms with Crippen molar-refractivity contribution in [3.05, 3.63) is 47.5 Å². The van der Waals surface area contributed by atoms with Gasteiger partial charge in [0.1, 0.15) is 6.10 Å². The third-order valence-electron chi connectivity index (χ3n) is 9.87. The van der Waals surface area contributed by atoms with Crippen molar-refractivity contribution in [2.24, 2.45) is 34.0 Å². The Labute approximate surface area is 201 Å². The molecule has 3 heterocycles. The van der Waals surface area contributed by atoms with Gasteiger partial charge in [0.05, 0.1) is 30.1 Å². The molecule has 9 atom stereocenters. The molecule has 2 saturated heterocycles. The Bertz CT molecular complexity index is 1100. The Kier molecular flexibility index (Phi) is 4.57. The largest absolute Gasteiger partial charge is 0.472 e. The van der Waals surface area contributed by atoms with Crippen molar-refractivity contribution < 1.29 is 23.5 Å². The van der Waals surface area contributed by atoms with E-state index >= 15 is 0 Å². The first-order valence-corrected chi connectivity index (χ1v) is 12.8. The van der Waals surface area contributed by atoms with Gasteiger partial charge in [-0.2, -0.15) is 0 Å². The van der Waals surface area contributed by atoms with Crippen molar-refractivity contribution >= 4 is 11.8 Å². The molecule has 0 spiro atoms. The lowest BCUT2D eigenvalue weighted by Crippen LogP contribution is -2.65. The quantitative estimate of drug-likeness (QED) is 0.420. The first-order chi connectivity index (χ1) is 15.9. The van der Waals surface area contributed by atoms with Crippen LogP contribution in [0.5, 0.6) is 0 Å². The van der Waals surface area contributed by atoms with Crippen LogP contribution in [0.15, 0.2) is 46.3 Å². The van der Waals surface area contributed by atoms with Crippen LogP contribution in [0.2, 0.25) is 0 Å². The van der Waals surface area contributed by atoms with Gasteiger partial charge >= 0.3 is 5.97 Å². The molecule has 1 saturated carbocycles. The van der Waals surface area contributed by atoms with Crippen LogP contribution in [-0.4, -0.2) is 30.1 Å². The van der Waals surface area contributed by atoms with E-state index in [0.29, 0.717) is 0 Å². The smallest absolute Gasteiger partial charge is 0.316 e. The monoisotopic (exact) mass is 464 g/mol. The van der Waals surface area contributed by atoms with Crippen molar-refractivity contribution in [3.63, 3.8) is 0 Å². The maximum absolute atomic E-state index is 13.7. The molecule has 6 rings (SSSR count). The number of rotatable bonds is 2. The fraction of sp³-hybridized carbons (Fsp3) is 0.655. The van der Waals surface area contributed by atoms with Crippen LogP contribution < -0.4 is 0 Å². The lowest BCUT2D eigenvalue weighted by atomic mass is 9.44. The second-order valence-corrected chi connectivity index (χ2v) is 13.0. The minimum Gasteiger partial charge on any atom is -0.472 e. The van der Waals surface area contributed by atoms with Crippen LogP contribution >= 0.6 is 0 Å². The molecule has 5 heteroatoms. The van der Waals surface area contributed by atoms with E-state index in [1.54, 1.807) is 18.4 Å². The molecule has 5 aliphatic rings. The molecule has 2 aliphatic heterocycles. The maximum atomic E-state index is 13.7. The molecular weight excluding hydrogens is 428 g/mol. The number of carbonyl (C=O) groups excluding carboxylic acids is 2. The summed E-state index contributed by atoms with van der Waals surface area (Å²) in [7, 11) is 0. The van der Waals surface area contributed by atoms with Gasteiger partial charge in [-0.15, -0.1) is 0 Å². The molecule has 0 unspecified atom stereocenters. The van der Waals surface area contributed by atoms with Gasteiger partial charge in [-0.05, 0) is 73.6 Å². The summed E-state index contributed by atoms with van der Waals surface area (Å²) in [5.74, 6) is 0.270. The van der Waals surface area contributed by atoms with Gasteiger partial charge in [0.15, 0.2) is 5.78 Å². The summed E-state index contributed by atoms with van der Waals surface area (Å²) in [5.41, 5.74) is 2.55. The Morgan fingerprint density at radius 2 is 1.91 bits per heavy atom. The predicted octanol–water partition coefficient (Wildman–Crippen LogP) is 5.62. The molecule has 3 fully saturated rings. The van der Waals surface area contributed by atoms with E-state index in [1.165, 1.54) is 16.7 Å². The standard InChI is InChI=1S/C29H36O5/c1-15-17(16-8-10-32-14-16)12-21-18(15)11-19-20(13-27(2,3)4)29(6)22(30)7-9-28(5)25(29)24(23(19)33-21)34-26(28)31/h7-10,14,17,19-21,23-25H,11-13H2,1-6H3/t17-,19+,20+,21-,23+,24+,25+,28-,29+/m1/s1. The van der Waals surface area contributed by atoms with Crippen molar-refractivity contribution in [2.45, 2.75) is 85.0 Å². The molecule has 0 N–H and O–H groups in total. The Hall–Kier alpha value is -2.14. The van der Waals surface area contributed by atoms with Gasteiger partial charge < -0.3 is 13.9 Å². The summed E-state index contributed by atoms with van der Waals surface area (Å²) >= 11 is 0. The van der Waals surface area contributed by atoms with E-state index in [-0.39, 0.29) is 59.2 Å². The number of allylic oxidation sites excluding steroid dienone is 2. The summed E-state index contributed by atoms with van der Waals surface area (Å²) in [4.78, 5) is 26.9. The van der Waals surface area contributed by atoms with Gasteiger partial charge in [0, 0.05) is 17.3 Å². The maximum Gasteiger partial charge on any atom is 0.316 e. The van der Waals surface area contributed by atoms with Gasteiger partial charge in [-0.25, -0.2) is 0 Å². The normalized spacial score (nSPS) is 45.2. The molecule has 3 aliphatic carbocycles. The summed E-state index contributed by atoms with van der Waals surface area (Å²) in [5, 5.41) is 0. The first kappa shape index (κ1) is 22.3. The molecular formula is C29H36O5. The average molecular weight is 465 g/mol. The highest BCUT2D eigenvalue weighted by atomic mass is 16.6. The molecule has 1 aromatic rings. The first-order valence-electron chi connectivity index (χ1n) is 12.8. The Balaban J connectivity index is 1.47. The van der Waals surface area contributed by atoms with Gasteiger partial charge in [0.2, 0.25) is 0 Å². The Morgan fingerprint density at radius 3 is 2.59 bits per heavy atom. The van der Waals surface area contributed by atoms with Crippen LogP contribution in [0.1, 0.15) is 72.3 Å². The number of furan rings is 1. The number of hydrogen-bond acceptors (Lipinski definition) is 5. The van der Waals surface area contributed by atoms with Crippen LogP contribution in [0, 0.1) is 34.0 Å². The van der Waals surface area contributed by atoms with Crippen LogP contribution in [0.3, 0.4) is 0 Å². The predicted molar refractivity (Wildman–Crippen MR) is 127 cm³/mol. The van der Waals surface area contributed by atoms with Crippen molar-refractivity contribution in [2.75, 3.05) is 0 Å². The number of ether oxygens (including phenoxy) is 2. The minimum absolute atomic E-state index is 0.0289. The number of esters is 1. The molecule has 0 aromatic carbocycles. The highest BCUT2D eigenvalue weighted by molar-refractivity contribution is 6.00. The molecule has 182 valence electrons. The molecule has 0 radical (unpaired) electrons. The SMILES string of the molecule is CC1=C2C[C@@H]3[C@H](O[C@@H]2C[C@H]1c1ccoc1)[C@@H]1OC(=O)[C@]2(C)C=CC(=O)[C@@](C)([C@@H]12)[C@H]3CC(C)(C)C. The molecule has 34 heavy (non-hydrogen) atoms. The van der Waals surface area contributed by atoms with E-state index < -0.39 is 10.8 Å². The average Bonchev–Trinajstić information content (AvgIpc) is 3.46.